The fourth-order valence-corrected chi connectivity index (χ4v) is 1.74. The molecule has 0 amide bonds. The Bertz CT molecular complexity index is 494. The fourth-order valence-electron chi connectivity index (χ4n) is 1.50. The van der Waals surface area contributed by atoms with Gasteiger partial charge in [0.1, 0.15) is 5.82 Å². The van der Waals surface area contributed by atoms with Gasteiger partial charge in [-0.3, -0.25) is 0 Å². The molecule has 0 atom stereocenters. The molecule has 2 rings (SSSR count). The van der Waals surface area contributed by atoms with Gasteiger partial charge in [0.05, 0.1) is 6.61 Å². The van der Waals surface area contributed by atoms with Crippen molar-refractivity contribution in [1.82, 2.24) is 0 Å². The molecule has 0 radical (unpaired) electrons. The first-order chi connectivity index (χ1) is 7.70. The summed E-state index contributed by atoms with van der Waals surface area (Å²) in [6.45, 7) is -0.0808. The van der Waals surface area contributed by atoms with Crippen LogP contribution >= 0.6 is 11.6 Å². The van der Waals surface area contributed by atoms with Gasteiger partial charge in [0, 0.05) is 5.02 Å². The Morgan fingerprint density at radius 3 is 2.19 bits per heavy atom. The normalized spacial score (nSPS) is 10.4. The molecule has 0 heterocycles. The highest BCUT2D eigenvalue weighted by Crippen LogP contribution is 2.25. The lowest BCUT2D eigenvalue weighted by Gasteiger charge is -2.05. The van der Waals surface area contributed by atoms with Crippen molar-refractivity contribution in [3.05, 3.63) is 58.9 Å². The average Bonchev–Trinajstić information content (AvgIpc) is 2.30. The third-order valence-corrected chi connectivity index (χ3v) is 2.75. The van der Waals surface area contributed by atoms with Crippen LogP contribution in [0, 0.1) is 5.82 Å². The molecule has 0 unspecified atom stereocenters. The van der Waals surface area contributed by atoms with E-state index >= 15 is 0 Å². The Kier molecular flexibility index (Phi) is 3.22. The maximum atomic E-state index is 12.7. The van der Waals surface area contributed by atoms with Crippen LogP contribution in [0.15, 0.2) is 42.5 Å². The van der Waals surface area contributed by atoms with E-state index in [1.54, 1.807) is 24.3 Å². The highest BCUT2D eigenvalue weighted by Gasteiger charge is 2.03. The van der Waals surface area contributed by atoms with Gasteiger partial charge in [0.25, 0.3) is 0 Å². The summed E-state index contributed by atoms with van der Waals surface area (Å²) < 4.78 is 12.7. The second kappa shape index (κ2) is 4.64. The average molecular weight is 237 g/mol. The number of aliphatic hydroxyl groups excluding tert-OH is 1. The Hall–Kier alpha value is -1.38. The van der Waals surface area contributed by atoms with Gasteiger partial charge < -0.3 is 5.11 Å². The quantitative estimate of drug-likeness (QED) is 0.844. The molecule has 1 N–H and O–H groups in total. The molecule has 0 aliphatic carbocycles. The number of hydrogen-bond acceptors (Lipinski definition) is 1. The molecule has 3 heteroatoms. The van der Waals surface area contributed by atoms with Crippen LogP contribution in [0.3, 0.4) is 0 Å². The third kappa shape index (κ3) is 2.23. The third-order valence-electron chi connectivity index (χ3n) is 2.40. The van der Waals surface area contributed by atoms with Crippen LogP contribution in [0.4, 0.5) is 4.39 Å². The van der Waals surface area contributed by atoms with Crippen molar-refractivity contribution < 1.29 is 9.50 Å². The molecule has 0 spiro atoms. The van der Waals surface area contributed by atoms with Gasteiger partial charge >= 0.3 is 0 Å². The number of rotatable bonds is 2. The Morgan fingerprint density at radius 2 is 1.62 bits per heavy atom. The standard InChI is InChI=1S/C13H10ClFO/c14-13-7-10(1-2-11(13)8-16)9-3-5-12(15)6-4-9/h1-7,16H,8H2. The Labute approximate surface area is 98.1 Å². The molecule has 2 aromatic carbocycles. The lowest BCUT2D eigenvalue weighted by Crippen LogP contribution is -1.86. The number of halogens is 2. The van der Waals surface area contributed by atoms with Crippen LogP contribution in [-0.4, -0.2) is 5.11 Å². The molecule has 0 saturated carbocycles. The molecule has 0 bridgehead atoms. The summed E-state index contributed by atoms with van der Waals surface area (Å²) in [5, 5.41) is 9.50. The molecule has 0 aliphatic rings. The highest BCUT2D eigenvalue weighted by molar-refractivity contribution is 6.31. The summed E-state index contributed by atoms with van der Waals surface area (Å²) in [6, 6.07) is 11.6. The van der Waals surface area contributed by atoms with Crippen molar-refractivity contribution in [2.45, 2.75) is 6.61 Å². The van der Waals surface area contributed by atoms with Crippen LogP contribution in [-0.2, 0) is 6.61 Å². The smallest absolute Gasteiger partial charge is 0.123 e. The molecule has 0 aromatic heterocycles. The van der Waals surface area contributed by atoms with E-state index in [0.717, 1.165) is 11.1 Å². The zero-order chi connectivity index (χ0) is 11.5. The molecule has 0 fully saturated rings. The molecule has 82 valence electrons. The summed E-state index contributed by atoms with van der Waals surface area (Å²) in [5.41, 5.74) is 2.49. The molecule has 0 saturated heterocycles. The van der Waals surface area contributed by atoms with Gasteiger partial charge in [-0.25, -0.2) is 4.39 Å². The minimum absolute atomic E-state index is 0.0808. The topological polar surface area (TPSA) is 20.2 Å². The van der Waals surface area contributed by atoms with Crippen molar-refractivity contribution in [2.75, 3.05) is 0 Å². The van der Waals surface area contributed by atoms with Crippen molar-refractivity contribution in [3.8, 4) is 11.1 Å². The predicted molar refractivity (Wildman–Crippen MR) is 62.8 cm³/mol. The molecular weight excluding hydrogens is 227 g/mol. The summed E-state index contributed by atoms with van der Waals surface area (Å²) >= 11 is 5.98. The van der Waals surface area contributed by atoms with E-state index in [2.05, 4.69) is 0 Å². The monoisotopic (exact) mass is 236 g/mol. The van der Waals surface area contributed by atoms with E-state index in [1.807, 2.05) is 6.07 Å². The van der Waals surface area contributed by atoms with Crippen LogP contribution in [0.5, 0.6) is 0 Å². The first-order valence-corrected chi connectivity index (χ1v) is 5.24. The lowest BCUT2D eigenvalue weighted by atomic mass is 10.0. The number of hydrogen-bond donors (Lipinski definition) is 1. The zero-order valence-corrected chi connectivity index (χ0v) is 9.21. The van der Waals surface area contributed by atoms with Crippen molar-refractivity contribution in [2.24, 2.45) is 0 Å². The van der Waals surface area contributed by atoms with Gasteiger partial charge in [0.15, 0.2) is 0 Å². The van der Waals surface area contributed by atoms with Gasteiger partial charge in [-0.05, 0) is 34.9 Å². The van der Waals surface area contributed by atoms with Crippen molar-refractivity contribution >= 4 is 11.6 Å². The van der Waals surface area contributed by atoms with E-state index < -0.39 is 0 Å². The fraction of sp³-hybridized carbons (Fsp3) is 0.0769. The number of benzene rings is 2. The van der Waals surface area contributed by atoms with Gasteiger partial charge in [-0.2, -0.15) is 0 Å². The molecular formula is C13H10ClFO. The first-order valence-electron chi connectivity index (χ1n) is 4.86. The van der Waals surface area contributed by atoms with E-state index in [9.17, 15) is 4.39 Å². The molecule has 0 aliphatic heterocycles. The summed E-state index contributed by atoms with van der Waals surface area (Å²) in [4.78, 5) is 0. The minimum Gasteiger partial charge on any atom is -0.392 e. The van der Waals surface area contributed by atoms with Crippen LogP contribution < -0.4 is 0 Å². The van der Waals surface area contributed by atoms with Crippen LogP contribution in [0.1, 0.15) is 5.56 Å². The van der Waals surface area contributed by atoms with Crippen LogP contribution in [0.25, 0.3) is 11.1 Å². The van der Waals surface area contributed by atoms with Gasteiger partial charge in [0.2, 0.25) is 0 Å². The largest absolute Gasteiger partial charge is 0.392 e. The maximum Gasteiger partial charge on any atom is 0.123 e. The van der Waals surface area contributed by atoms with Gasteiger partial charge in [-0.1, -0.05) is 35.9 Å². The van der Waals surface area contributed by atoms with Crippen molar-refractivity contribution in [3.63, 3.8) is 0 Å². The Balaban J connectivity index is 2.41. The van der Waals surface area contributed by atoms with E-state index in [1.165, 1.54) is 12.1 Å². The predicted octanol–water partition coefficient (Wildman–Crippen LogP) is 3.64. The first kappa shape index (κ1) is 11.1. The van der Waals surface area contributed by atoms with Crippen molar-refractivity contribution in [1.29, 1.82) is 0 Å². The van der Waals surface area contributed by atoms with E-state index in [-0.39, 0.29) is 12.4 Å². The Morgan fingerprint density at radius 1 is 1.00 bits per heavy atom. The second-order valence-electron chi connectivity index (χ2n) is 3.47. The van der Waals surface area contributed by atoms with Crippen LogP contribution in [0.2, 0.25) is 5.02 Å². The second-order valence-corrected chi connectivity index (χ2v) is 3.88. The SMILES string of the molecule is OCc1ccc(-c2ccc(F)cc2)cc1Cl. The summed E-state index contributed by atoms with van der Waals surface area (Å²) in [5.74, 6) is -0.262. The summed E-state index contributed by atoms with van der Waals surface area (Å²) in [7, 11) is 0. The maximum absolute atomic E-state index is 12.7. The summed E-state index contributed by atoms with van der Waals surface area (Å²) in [6.07, 6.45) is 0. The molecule has 16 heavy (non-hydrogen) atoms. The molecule has 1 nitrogen and oxygen atoms in total. The van der Waals surface area contributed by atoms with Gasteiger partial charge in [-0.15, -0.1) is 0 Å². The highest BCUT2D eigenvalue weighted by atomic mass is 35.5. The lowest BCUT2D eigenvalue weighted by molar-refractivity contribution is 0.282. The number of aliphatic hydroxyl groups is 1. The van der Waals surface area contributed by atoms with E-state index in [0.29, 0.717) is 10.6 Å². The molecule has 2 aromatic rings. The van der Waals surface area contributed by atoms with E-state index in [4.69, 9.17) is 16.7 Å². The zero-order valence-electron chi connectivity index (χ0n) is 8.45. The minimum atomic E-state index is -0.262.